The zero-order valence-corrected chi connectivity index (χ0v) is 18.2. The van der Waals surface area contributed by atoms with Crippen molar-refractivity contribution in [3.8, 4) is 5.75 Å². The van der Waals surface area contributed by atoms with Gasteiger partial charge in [-0.2, -0.15) is 0 Å². The number of amides is 1. The van der Waals surface area contributed by atoms with Crippen molar-refractivity contribution in [2.45, 2.75) is 38.6 Å². The molecule has 0 aliphatic rings. The number of carbonyl (C=O) groups excluding carboxylic acids is 1. The van der Waals surface area contributed by atoms with Crippen molar-refractivity contribution in [1.29, 1.82) is 0 Å². The van der Waals surface area contributed by atoms with Gasteiger partial charge in [-0.05, 0) is 55.3 Å². The summed E-state index contributed by atoms with van der Waals surface area (Å²) >= 11 is 1.28. The van der Waals surface area contributed by atoms with Crippen LogP contribution >= 0.6 is 11.8 Å². The van der Waals surface area contributed by atoms with E-state index < -0.39 is 5.97 Å². The van der Waals surface area contributed by atoms with Gasteiger partial charge in [0.1, 0.15) is 12.4 Å². The van der Waals surface area contributed by atoms with Crippen LogP contribution in [0.5, 0.6) is 5.75 Å². The number of ether oxygens (including phenoxy) is 1. The number of aromatic carboxylic acids is 1. The maximum Gasteiger partial charge on any atom is 0.335 e. The van der Waals surface area contributed by atoms with Gasteiger partial charge in [0.2, 0.25) is 5.91 Å². The lowest BCUT2D eigenvalue weighted by molar-refractivity contribution is -0.113. The zero-order valence-electron chi connectivity index (χ0n) is 17.4. The Kier molecular flexibility index (Phi) is 7.66. The molecule has 1 aromatic heterocycles. The first-order valence-electron chi connectivity index (χ1n) is 9.90. The predicted molar refractivity (Wildman–Crippen MR) is 119 cm³/mol. The fourth-order valence-corrected chi connectivity index (χ4v) is 3.66. The number of hydrogen-bond donors (Lipinski definition) is 2. The summed E-state index contributed by atoms with van der Waals surface area (Å²) in [6, 6.07) is 14.0. The van der Waals surface area contributed by atoms with Gasteiger partial charge in [-0.25, -0.2) is 4.79 Å². The van der Waals surface area contributed by atoms with Crippen LogP contribution in [0.25, 0.3) is 0 Å². The molecular weight excluding hydrogens is 416 g/mol. The molecule has 2 N–H and O–H groups in total. The molecular formula is C22H24N4O4S. The highest BCUT2D eigenvalue weighted by Gasteiger charge is 2.14. The molecule has 0 spiro atoms. The molecule has 3 rings (SSSR count). The molecule has 8 nitrogen and oxygen atoms in total. The van der Waals surface area contributed by atoms with Gasteiger partial charge in [-0.1, -0.05) is 30.8 Å². The largest absolute Gasteiger partial charge is 0.486 e. The molecule has 1 heterocycles. The fraction of sp³-hybridized carbons (Fsp3) is 0.273. The zero-order chi connectivity index (χ0) is 22.2. The first-order valence-corrected chi connectivity index (χ1v) is 10.9. The van der Waals surface area contributed by atoms with Crippen LogP contribution in [0.1, 0.15) is 35.6 Å². The van der Waals surface area contributed by atoms with Gasteiger partial charge >= 0.3 is 5.97 Å². The topological polar surface area (TPSA) is 106 Å². The van der Waals surface area contributed by atoms with Crippen LogP contribution in [0.4, 0.5) is 5.69 Å². The minimum absolute atomic E-state index is 0.151. The molecule has 3 aromatic rings. The third-order valence-electron chi connectivity index (χ3n) is 4.56. The monoisotopic (exact) mass is 440 g/mol. The highest BCUT2D eigenvalue weighted by atomic mass is 32.2. The summed E-state index contributed by atoms with van der Waals surface area (Å²) in [5.41, 5.74) is 1.95. The molecule has 162 valence electrons. The van der Waals surface area contributed by atoms with Gasteiger partial charge in [-0.15, -0.1) is 10.2 Å². The third-order valence-corrected chi connectivity index (χ3v) is 5.52. The summed E-state index contributed by atoms with van der Waals surface area (Å²) < 4.78 is 7.74. The van der Waals surface area contributed by atoms with E-state index in [1.165, 1.54) is 29.5 Å². The van der Waals surface area contributed by atoms with Crippen molar-refractivity contribution in [3.05, 3.63) is 65.5 Å². The molecule has 0 bridgehead atoms. The van der Waals surface area contributed by atoms with E-state index in [2.05, 4.69) is 22.4 Å². The minimum atomic E-state index is -1.01. The number of benzene rings is 2. The highest BCUT2D eigenvalue weighted by molar-refractivity contribution is 7.99. The number of rotatable bonds is 10. The summed E-state index contributed by atoms with van der Waals surface area (Å²) in [7, 11) is 0. The van der Waals surface area contributed by atoms with Gasteiger partial charge in [-0.3, -0.25) is 4.79 Å². The van der Waals surface area contributed by atoms with Crippen LogP contribution in [0.15, 0.2) is 53.7 Å². The molecule has 0 radical (unpaired) electrons. The standard InChI is InChI=1S/C22H24N4O4S/c1-3-15-5-11-18(12-6-15)30-13-19-24-25-22(26(19)4-2)31-14-20(27)23-17-9-7-16(8-10-17)21(28)29/h5-12H,3-4,13-14H2,1-2H3,(H,23,27)(H,28,29). The van der Waals surface area contributed by atoms with E-state index in [1.54, 1.807) is 12.1 Å². The molecule has 0 unspecified atom stereocenters. The first-order chi connectivity index (χ1) is 15.0. The minimum Gasteiger partial charge on any atom is -0.486 e. The molecule has 0 atom stereocenters. The Labute approximate surface area is 184 Å². The summed E-state index contributed by atoms with van der Waals surface area (Å²) in [6.45, 7) is 5.03. The maximum absolute atomic E-state index is 12.2. The predicted octanol–water partition coefficient (Wildman–Crippen LogP) is 3.87. The Hall–Kier alpha value is -3.33. The average Bonchev–Trinajstić information content (AvgIpc) is 3.18. The number of nitrogens with one attached hydrogen (secondary N) is 1. The van der Waals surface area contributed by atoms with Crippen LogP contribution in [-0.4, -0.2) is 37.5 Å². The van der Waals surface area contributed by atoms with Gasteiger partial charge in [0.15, 0.2) is 11.0 Å². The lowest BCUT2D eigenvalue weighted by atomic mass is 10.2. The number of aromatic nitrogens is 3. The van der Waals surface area contributed by atoms with Crippen LogP contribution in [0.2, 0.25) is 0 Å². The van der Waals surface area contributed by atoms with Gasteiger partial charge in [0, 0.05) is 12.2 Å². The van der Waals surface area contributed by atoms with E-state index in [1.807, 2.05) is 35.8 Å². The third kappa shape index (κ3) is 6.08. The van der Waals surface area contributed by atoms with E-state index in [-0.39, 0.29) is 23.8 Å². The van der Waals surface area contributed by atoms with E-state index in [0.717, 1.165) is 12.2 Å². The van der Waals surface area contributed by atoms with Crippen LogP contribution in [0, 0.1) is 0 Å². The highest BCUT2D eigenvalue weighted by Crippen LogP contribution is 2.20. The number of thioether (sulfide) groups is 1. The van der Waals surface area contributed by atoms with Crippen molar-refractivity contribution in [2.24, 2.45) is 0 Å². The number of nitrogens with zero attached hydrogens (tertiary/aromatic N) is 3. The molecule has 1 amide bonds. The maximum atomic E-state index is 12.2. The number of carboxylic acids is 1. The van der Waals surface area contributed by atoms with E-state index in [0.29, 0.717) is 23.2 Å². The quantitative estimate of drug-likeness (QED) is 0.461. The molecule has 0 saturated carbocycles. The van der Waals surface area contributed by atoms with Gasteiger partial charge in [0.05, 0.1) is 11.3 Å². The van der Waals surface area contributed by atoms with Gasteiger partial charge < -0.3 is 19.7 Å². The van der Waals surface area contributed by atoms with E-state index in [4.69, 9.17) is 9.84 Å². The lowest BCUT2D eigenvalue weighted by Gasteiger charge is -2.09. The smallest absolute Gasteiger partial charge is 0.335 e. The van der Waals surface area contributed by atoms with Crippen molar-refractivity contribution in [2.75, 3.05) is 11.1 Å². The second-order valence-electron chi connectivity index (χ2n) is 6.65. The Balaban J connectivity index is 1.54. The Morgan fingerprint density at radius 2 is 1.77 bits per heavy atom. The molecule has 0 aliphatic heterocycles. The summed E-state index contributed by atoms with van der Waals surface area (Å²) in [5.74, 6) is 0.384. The molecule has 31 heavy (non-hydrogen) atoms. The van der Waals surface area contributed by atoms with Crippen LogP contribution in [-0.2, 0) is 24.4 Å². The first kappa shape index (κ1) is 22.4. The fourth-order valence-electron chi connectivity index (χ4n) is 2.84. The number of anilines is 1. The van der Waals surface area contributed by atoms with Crippen molar-refractivity contribution in [1.82, 2.24) is 14.8 Å². The Morgan fingerprint density at radius 1 is 1.06 bits per heavy atom. The Morgan fingerprint density at radius 3 is 2.39 bits per heavy atom. The summed E-state index contributed by atoms with van der Waals surface area (Å²) in [4.78, 5) is 23.1. The van der Waals surface area contributed by atoms with Crippen LogP contribution < -0.4 is 10.1 Å². The van der Waals surface area contributed by atoms with Gasteiger partial charge in [0.25, 0.3) is 0 Å². The lowest BCUT2D eigenvalue weighted by Crippen LogP contribution is -2.15. The molecule has 0 saturated heterocycles. The molecule has 0 aliphatic carbocycles. The number of carbonyl (C=O) groups is 2. The average molecular weight is 441 g/mol. The molecule has 9 heteroatoms. The normalized spacial score (nSPS) is 10.6. The number of hydrogen-bond acceptors (Lipinski definition) is 6. The molecule has 0 fully saturated rings. The van der Waals surface area contributed by atoms with E-state index in [9.17, 15) is 9.59 Å². The molecule has 2 aromatic carbocycles. The number of carboxylic acid groups (broad SMARTS) is 1. The number of aryl methyl sites for hydroxylation is 1. The van der Waals surface area contributed by atoms with Crippen molar-refractivity contribution in [3.63, 3.8) is 0 Å². The second-order valence-corrected chi connectivity index (χ2v) is 7.59. The van der Waals surface area contributed by atoms with Crippen molar-refractivity contribution >= 4 is 29.3 Å². The second kappa shape index (κ2) is 10.6. The Bertz CT molecular complexity index is 1030. The summed E-state index contributed by atoms with van der Waals surface area (Å²) in [6.07, 6.45) is 0.978. The van der Waals surface area contributed by atoms with Crippen LogP contribution in [0.3, 0.4) is 0 Å². The van der Waals surface area contributed by atoms with Crippen molar-refractivity contribution < 1.29 is 19.4 Å². The van der Waals surface area contributed by atoms with E-state index >= 15 is 0 Å². The summed E-state index contributed by atoms with van der Waals surface area (Å²) in [5, 5.41) is 20.7. The SMILES string of the molecule is CCc1ccc(OCc2nnc(SCC(=O)Nc3ccc(C(=O)O)cc3)n2CC)cc1.